The summed E-state index contributed by atoms with van der Waals surface area (Å²) in [5.41, 5.74) is 1.70. The van der Waals surface area contributed by atoms with Gasteiger partial charge in [0.15, 0.2) is 11.5 Å². The van der Waals surface area contributed by atoms with E-state index in [2.05, 4.69) is 5.32 Å². The highest BCUT2D eigenvalue weighted by Crippen LogP contribution is 2.34. The first-order chi connectivity index (χ1) is 18.2. The van der Waals surface area contributed by atoms with E-state index in [1.165, 1.54) is 7.05 Å². The van der Waals surface area contributed by atoms with E-state index in [-0.39, 0.29) is 18.4 Å². The molecule has 2 aliphatic heterocycles. The van der Waals surface area contributed by atoms with Crippen LogP contribution in [-0.2, 0) is 24.4 Å². The lowest BCUT2D eigenvalue weighted by molar-refractivity contribution is -0.143. The molecule has 1 fully saturated rings. The minimum Gasteiger partial charge on any atom is -0.454 e. The summed E-state index contributed by atoms with van der Waals surface area (Å²) in [6, 6.07) is 15.2. The first-order valence-corrected chi connectivity index (χ1v) is 12.5. The van der Waals surface area contributed by atoms with Crippen molar-refractivity contribution in [2.24, 2.45) is 7.05 Å². The van der Waals surface area contributed by atoms with Crippen LogP contribution in [-0.4, -0.2) is 41.2 Å². The average Bonchev–Trinajstić information content (AvgIpc) is 3.54. The zero-order chi connectivity index (χ0) is 26.9. The van der Waals surface area contributed by atoms with Crippen molar-refractivity contribution in [2.45, 2.75) is 37.8 Å². The number of nitrogens with one attached hydrogen (secondary N) is 1. The summed E-state index contributed by atoms with van der Waals surface area (Å²) in [7, 11) is 1.22. The van der Waals surface area contributed by atoms with Crippen LogP contribution in [0.1, 0.15) is 52.5 Å². The van der Waals surface area contributed by atoms with Crippen molar-refractivity contribution in [1.29, 1.82) is 0 Å². The Morgan fingerprint density at radius 1 is 0.974 bits per heavy atom. The molecule has 3 aromatic rings. The molecule has 200 valence electrons. The fraction of sp³-hybridized carbons (Fsp3) is 0.357. The fourth-order valence-electron chi connectivity index (χ4n) is 5.03. The Morgan fingerprint density at radius 2 is 1.68 bits per heavy atom. The number of aromatic nitrogens is 1. The molecule has 0 spiro atoms. The molecular formula is C28H28F3N3O4. The van der Waals surface area contributed by atoms with E-state index in [0.717, 1.165) is 52.2 Å². The average molecular weight is 528 g/mol. The predicted octanol–water partition coefficient (Wildman–Crippen LogP) is 5.36. The van der Waals surface area contributed by atoms with E-state index in [0.29, 0.717) is 37.5 Å². The standard InChI is InChI=1S/C28H28F3N3O4/c1-33-22(8-10-25(33)28(29,30)31)27(36)32-21-6-4-19(5-7-21)20-12-14-34(15-13-20)26(35)11-3-18-2-9-23-24(16-18)38-17-37-23/h2,4-10,16,20H,3,11-15,17H2,1H3,(H,32,36). The van der Waals surface area contributed by atoms with Crippen molar-refractivity contribution < 1.29 is 32.2 Å². The summed E-state index contributed by atoms with van der Waals surface area (Å²) < 4.78 is 50.6. The summed E-state index contributed by atoms with van der Waals surface area (Å²) in [5.74, 6) is 1.27. The zero-order valence-electron chi connectivity index (χ0n) is 20.9. The molecule has 2 amide bonds. The number of carbonyl (C=O) groups excluding carboxylic acids is 2. The first kappa shape index (κ1) is 25.7. The number of likely N-dealkylation sites (tertiary alicyclic amines) is 1. The maximum absolute atomic E-state index is 13.0. The summed E-state index contributed by atoms with van der Waals surface area (Å²) in [5, 5.41) is 2.66. The normalized spacial score (nSPS) is 15.5. The fourth-order valence-corrected chi connectivity index (χ4v) is 5.03. The third kappa shape index (κ3) is 5.49. The third-order valence-corrected chi connectivity index (χ3v) is 7.20. The van der Waals surface area contributed by atoms with Gasteiger partial charge in [-0.05, 0) is 72.7 Å². The van der Waals surface area contributed by atoms with Gasteiger partial charge in [-0.25, -0.2) is 0 Å². The van der Waals surface area contributed by atoms with Crippen LogP contribution in [0.2, 0.25) is 0 Å². The van der Waals surface area contributed by atoms with E-state index in [1.807, 2.05) is 35.2 Å². The Kier molecular flexibility index (Phi) is 7.05. The molecule has 0 unspecified atom stereocenters. The van der Waals surface area contributed by atoms with Gasteiger partial charge in [-0.1, -0.05) is 18.2 Å². The quantitative estimate of drug-likeness (QED) is 0.468. The van der Waals surface area contributed by atoms with Gasteiger partial charge in [-0.3, -0.25) is 9.59 Å². The van der Waals surface area contributed by atoms with Crippen LogP contribution in [0.15, 0.2) is 54.6 Å². The molecule has 1 N–H and O–H groups in total. The van der Waals surface area contributed by atoms with Crippen molar-refractivity contribution >= 4 is 17.5 Å². The van der Waals surface area contributed by atoms with E-state index in [4.69, 9.17) is 9.47 Å². The van der Waals surface area contributed by atoms with Gasteiger partial charge in [0.2, 0.25) is 12.7 Å². The van der Waals surface area contributed by atoms with Crippen molar-refractivity contribution in [3.05, 3.63) is 77.1 Å². The Labute approximate surface area is 218 Å². The number of halogens is 3. The van der Waals surface area contributed by atoms with Gasteiger partial charge in [0.05, 0.1) is 0 Å². The summed E-state index contributed by atoms with van der Waals surface area (Å²) in [6.45, 7) is 1.58. The van der Waals surface area contributed by atoms with Gasteiger partial charge < -0.3 is 24.3 Å². The summed E-state index contributed by atoms with van der Waals surface area (Å²) >= 11 is 0. The highest BCUT2D eigenvalue weighted by atomic mass is 19.4. The number of amides is 2. The summed E-state index contributed by atoms with van der Waals surface area (Å²) in [6.07, 6.45) is -1.77. The van der Waals surface area contributed by atoms with Crippen LogP contribution in [0, 0.1) is 0 Å². The minimum absolute atomic E-state index is 0.0723. The molecule has 2 aromatic carbocycles. The van der Waals surface area contributed by atoms with Gasteiger partial charge in [0.25, 0.3) is 5.91 Å². The SMILES string of the molecule is Cn1c(C(=O)Nc2ccc(C3CCN(C(=O)CCc4ccc5c(c4)OCO5)CC3)cc2)ccc1C(F)(F)F. The molecule has 3 heterocycles. The maximum Gasteiger partial charge on any atom is 0.431 e. The van der Waals surface area contributed by atoms with Crippen molar-refractivity contribution in [2.75, 3.05) is 25.2 Å². The Morgan fingerprint density at radius 3 is 2.37 bits per heavy atom. The third-order valence-electron chi connectivity index (χ3n) is 7.20. The molecule has 0 atom stereocenters. The smallest absolute Gasteiger partial charge is 0.431 e. The number of piperidine rings is 1. The molecule has 10 heteroatoms. The zero-order valence-corrected chi connectivity index (χ0v) is 20.9. The highest BCUT2D eigenvalue weighted by molar-refractivity contribution is 6.03. The second kappa shape index (κ2) is 10.4. The second-order valence-corrected chi connectivity index (χ2v) is 9.58. The Hall–Kier alpha value is -3.95. The number of anilines is 1. The number of hydrogen-bond acceptors (Lipinski definition) is 4. The number of benzene rings is 2. The van der Waals surface area contributed by atoms with E-state index >= 15 is 0 Å². The van der Waals surface area contributed by atoms with Crippen LogP contribution >= 0.6 is 0 Å². The molecular weight excluding hydrogens is 499 g/mol. The van der Waals surface area contributed by atoms with Crippen LogP contribution in [0.4, 0.5) is 18.9 Å². The molecule has 38 heavy (non-hydrogen) atoms. The van der Waals surface area contributed by atoms with Gasteiger partial charge in [-0.15, -0.1) is 0 Å². The lowest BCUT2D eigenvalue weighted by Gasteiger charge is -2.32. The molecule has 7 nitrogen and oxygen atoms in total. The molecule has 1 aromatic heterocycles. The molecule has 0 radical (unpaired) electrons. The highest BCUT2D eigenvalue weighted by Gasteiger charge is 2.35. The molecule has 2 aliphatic rings. The summed E-state index contributed by atoms with van der Waals surface area (Å²) in [4.78, 5) is 27.2. The van der Waals surface area contributed by atoms with Crippen LogP contribution in [0.3, 0.4) is 0 Å². The lowest BCUT2D eigenvalue weighted by atomic mass is 9.89. The van der Waals surface area contributed by atoms with Crippen LogP contribution in [0.5, 0.6) is 11.5 Å². The number of fused-ring (bicyclic) bond motifs is 1. The topological polar surface area (TPSA) is 72.8 Å². The maximum atomic E-state index is 13.0. The van der Waals surface area contributed by atoms with Crippen molar-refractivity contribution in [3.63, 3.8) is 0 Å². The molecule has 0 saturated carbocycles. The number of hydrogen-bond donors (Lipinski definition) is 1. The van der Waals surface area contributed by atoms with Gasteiger partial charge in [0.1, 0.15) is 11.4 Å². The van der Waals surface area contributed by atoms with E-state index in [9.17, 15) is 22.8 Å². The Bertz CT molecular complexity index is 1330. The largest absolute Gasteiger partial charge is 0.454 e. The van der Waals surface area contributed by atoms with Gasteiger partial charge >= 0.3 is 6.18 Å². The van der Waals surface area contributed by atoms with Crippen molar-refractivity contribution in [1.82, 2.24) is 9.47 Å². The monoisotopic (exact) mass is 527 g/mol. The Balaban J connectivity index is 1.10. The van der Waals surface area contributed by atoms with Crippen LogP contribution in [0.25, 0.3) is 0 Å². The number of alkyl halides is 3. The van der Waals surface area contributed by atoms with E-state index in [1.54, 1.807) is 12.1 Å². The number of ether oxygens (including phenoxy) is 2. The number of nitrogens with zero attached hydrogens (tertiary/aromatic N) is 2. The predicted molar refractivity (Wildman–Crippen MR) is 134 cm³/mol. The minimum atomic E-state index is -4.53. The van der Waals surface area contributed by atoms with Gasteiger partial charge in [0, 0.05) is 32.2 Å². The number of carbonyl (C=O) groups is 2. The lowest BCUT2D eigenvalue weighted by Crippen LogP contribution is -2.38. The van der Waals surface area contributed by atoms with Crippen LogP contribution < -0.4 is 14.8 Å². The second-order valence-electron chi connectivity index (χ2n) is 9.58. The first-order valence-electron chi connectivity index (χ1n) is 12.5. The van der Waals surface area contributed by atoms with E-state index < -0.39 is 17.8 Å². The number of aryl methyl sites for hydroxylation is 1. The molecule has 0 bridgehead atoms. The number of rotatable bonds is 6. The molecule has 0 aliphatic carbocycles. The molecule has 5 rings (SSSR count). The van der Waals surface area contributed by atoms with Gasteiger partial charge in [-0.2, -0.15) is 13.2 Å². The van der Waals surface area contributed by atoms with Crippen molar-refractivity contribution in [3.8, 4) is 11.5 Å². The molecule has 1 saturated heterocycles.